The Hall–Kier alpha value is -1.48. The van der Waals surface area contributed by atoms with Crippen molar-refractivity contribution in [1.82, 2.24) is 4.98 Å². The Labute approximate surface area is 99.7 Å². The molecule has 0 unspecified atom stereocenters. The van der Waals surface area contributed by atoms with Crippen LogP contribution in [-0.2, 0) is 5.75 Å². The van der Waals surface area contributed by atoms with Crippen molar-refractivity contribution in [2.45, 2.75) is 10.6 Å². The lowest BCUT2D eigenvalue weighted by Gasteiger charge is -2.07. The molecule has 1 aromatic carbocycles. The fourth-order valence-corrected chi connectivity index (χ4v) is 2.29. The highest BCUT2D eigenvalue weighted by Crippen LogP contribution is 2.27. The van der Waals surface area contributed by atoms with E-state index >= 15 is 0 Å². The normalized spacial score (nSPS) is 10.1. The number of methoxy groups -OCH3 is 1. The molecule has 0 aliphatic rings. The minimum atomic E-state index is 0.911. The summed E-state index contributed by atoms with van der Waals surface area (Å²) in [5, 5.41) is 0. The van der Waals surface area contributed by atoms with Crippen LogP contribution in [0.3, 0.4) is 0 Å². The topological polar surface area (TPSA) is 22.1 Å². The summed E-state index contributed by atoms with van der Waals surface area (Å²) in [4.78, 5) is 5.22. The maximum absolute atomic E-state index is 5.31. The van der Waals surface area contributed by atoms with E-state index in [0.717, 1.165) is 11.5 Å². The van der Waals surface area contributed by atoms with Crippen LogP contribution in [0.5, 0.6) is 5.75 Å². The van der Waals surface area contributed by atoms with Gasteiger partial charge in [-0.3, -0.25) is 4.98 Å². The zero-order valence-electron chi connectivity index (χ0n) is 9.09. The molecule has 3 heteroatoms. The molecule has 0 aliphatic carbocycles. The van der Waals surface area contributed by atoms with Gasteiger partial charge in [0, 0.05) is 28.6 Å². The number of benzene rings is 1. The standard InChI is InChI=1S/C13H13NOS/c1-15-13-5-3-2-4-11(13)10-16-12-6-8-14-9-7-12/h2-9H,10H2,1H3. The van der Waals surface area contributed by atoms with E-state index in [0.29, 0.717) is 0 Å². The summed E-state index contributed by atoms with van der Waals surface area (Å²) < 4.78 is 5.31. The summed E-state index contributed by atoms with van der Waals surface area (Å²) in [6.45, 7) is 0. The smallest absolute Gasteiger partial charge is 0.122 e. The molecule has 0 aliphatic heterocycles. The van der Waals surface area contributed by atoms with Crippen LogP contribution in [0.4, 0.5) is 0 Å². The van der Waals surface area contributed by atoms with Gasteiger partial charge in [-0.2, -0.15) is 0 Å². The number of ether oxygens (including phenoxy) is 1. The van der Waals surface area contributed by atoms with Crippen molar-refractivity contribution in [3.8, 4) is 5.75 Å². The predicted octanol–water partition coefficient (Wildman–Crippen LogP) is 3.38. The van der Waals surface area contributed by atoms with Gasteiger partial charge in [0.2, 0.25) is 0 Å². The van der Waals surface area contributed by atoms with Crippen LogP contribution < -0.4 is 4.74 Å². The molecule has 0 fully saturated rings. The van der Waals surface area contributed by atoms with Crippen LogP contribution in [0.15, 0.2) is 53.7 Å². The number of hydrogen-bond donors (Lipinski definition) is 0. The maximum atomic E-state index is 5.31. The lowest BCUT2D eigenvalue weighted by molar-refractivity contribution is 0.411. The van der Waals surface area contributed by atoms with Gasteiger partial charge in [0.1, 0.15) is 5.75 Å². The van der Waals surface area contributed by atoms with Gasteiger partial charge in [0.15, 0.2) is 0 Å². The molecule has 2 rings (SSSR count). The molecule has 0 N–H and O–H groups in total. The highest BCUT2D eigenvalue weighted by Gasteiger charge is 2.01. The van der Waals surface area contributed by atoms with Crippen molar-refractivity contribution >= 4 is 11.8 Å². The first-order chi connectivity index (χ1) is 7.90. The molecule has 0 saturated carbocycles. The molecule has 2 aromatic rings. The van der Waals surface area contributed by atoms with E-state index in [1.165, 1.54) is 10.5 Å². The number of hydrogen-bond acceptors (Lipinski definition) is 3. The SMILES string of the molecule is COc1ccccc1CSc1ccncc1. The van der Waals surface area contributed by atoms with Crippen LogP contribution in [0.25, 0.3) is 0 Å². The summed E-state index contributed by atoms with van der Waals surface area (Å²) in [6.07, 6.45) is 3.62. The third kappa shape index (κ3) is 2.76. The first kappa shape index (κ1) is 11.0. The molecule has 0 radical (unpaired) electrons. The predicted molar refractivity (Wildman–Crippen MR) is 66.8 cm³/mol. The van der Waals surface area contributed by atoms with E-state index in [4.69, 9.17) is 4.74 Å². The van der Waals surface area contributed by atoms with Gasteiger partial charge in [0.05, 0.1) is 7.11 Å². The molecule has 16 heavy (non-hydrogen) atoms. The molecule has 2 nitrogen and oxygen atoms in total. The van der Waals surface area contributed by atoms with Crippen LogP contribution in [0.2, 0.25) is 0 Å². The molecule has 0 atom stereocenters. The van der Waals surface area contributed by atoms with Crippen molar-refractivity contribution in [2.24, 2.45) is 0 Å². The zero-order chi connectivity index (χ0) is 11.2. The quantitative estimate of drug-likeness (QED) is 0.753. The third-order valence-electron chi connectivity index (χ3n) is 2.24. The Morgan fingerprint density at radius 1 is 1.12 bits per heavy atom. The zero-order valence-corrected chi connectivity index (χ0v) is 9.91. The van der Waals surface area contributed by atoms with Crippen molar-refractivity contribution in [3.63, 3.8) is 0 Å². The van der Waals surface area contributed by atoms with Crippen molar-refractivity contribution in [2.75, 3.05) is 7.11 Å². The highest BCUT2D eigenvalue weighted by atomic mass is 32.2. The van der Waals surface area contributed by atoms with Crippen LogP contribution >= 0.6 is 11.8 Å². The van der Waals surface area contributed by atoms with Gasteiger partial charge >= 0.3 is 0 Å². The first-order valence-electron chi connectivity index (χ1n) is 5.05. The van der Waals surface area contributed by atoms with E-state index in [-0.39, 0.29) is 0 Å². The number of rotatable bonds is 4. The van der Waals surface area contributed by atoms with Gasteiger partial charge < -0.3 is 4.74 Å². The lowest BCUT2D eigenvalue weighted by Crippen LogP contribution is -1.89. The van der Waals surface area contributed by atoms with E-state index in [2.05, 4.69) is 11.1 Å². The van der Waals surface area contributed by atoms with Crippen molar-refractivity contribution in [3.05, 3.63) is 54.4 Å². The fraction of sp³-hybridized carbons (Fsp3) is 0.154. The second-order valence-electron chi connectivity index (χ2n) is 3.28. The summed E-state index contributed by atoms with van der Waals surface area (Å²) in [5.41, 5.74) is 1.21. The first-order valence-corrected chi connectivity index (χ1v) is 6.03. The summed E-state index contributed by atoms with van der Waals surface area (Å²) in [6, 6.07) is 12.1. The molecule has 1 heterocycles. The fourth-order valence-electron chi connectivity index (χ4n) is 1.42. The molecule has 82 valence electrons. The molecule has 0 spiro atoms. The summed E-state index contributed by atoms with van der Waals surface area (Å²) in [5.74, 6) is 1.86. The van der Waals surface area contributed by atoms with E-state index in [1.54, 1.807) is 18.9 Å². The highest BCUT2D eigenvalue weighted by molar-refractivity contribution is 7.98. The summed E-state index contributed by atoms with van der Waals surface area (Å²) >= 11 is 1.78. The molecule has 0 amide bonds. The molecule has 0 saturated heterocycles. The lowest BCUT2D eigenvalue weighted by atomic mass is 10.2. The van der Waals surface area contributed by atoms with Gasteiger partial charge in [-0.05, 0) is 18.2 Å². The Morgan fingerprint density at radius 3 is 2.62 bits per heavy atom. The third-order valence-corrected chi connectivity index (χ3v) is 3.30. The largest absolute Gasteiger partial charge is 0.496 e. The van der Waals surface area contributed by atoms with Gasteiger partial charge in [-0.1, -0.05) is 18.2 Å². The van der Waals surface area contributed by atoms with Crippen LogP contribution in [-0.4, -0.2) is 12.1 Å². The number of para-hydroxylation sites is 1. The molecule has 0 bridgehead atoms. The second kappa shape index (κ2) is 5.56. The van der Waals surface area contributed by atoms with Crippen molar-refractivity contribution < 1.29 is 4.74 Å². The van der Waals surface area contributed by atoms with E-state index in [9.17, 15) is 0 Å². The van der Waals surface area contributed by atoms with E-state index in [1.807, 2.05) is 42.7 Å². The molecular weight excluding hydrogens is 218 g/mol. The average molecular weight is 231 g/mol. The number of pyridine rings is 1. The Morgan fingerprint density at radius 2 is 1.88 bits per heavy atom. The Kier molecular flexibility index (Phi) is 3.83. The number of nitrogens with zero attached hydrogens (tertiary/aromatic N) is 1. The van der Waals surface area contributed by atoms with E-state index < -0.39 is 0 Å². The number of aromatic nitrogens is 1. The van der Waals surface area contributed by atoms with Gasteiger partial charge in [0.25, 0.3) is 0 Å². The Balaban J connectivity index is 2.05. The minimum absolute atomic E-state index is 0.911. The van der Waals surface area contributed by atoms with Crippen molar-refractivity contribution in [1.29, 1.82) is 0 Å². The summed E-state index contributed by atoms with van der Waals surface area (Å²) in [7, 11) is 1.70. The molecule has 1 aromatic heterocycles. The van der Waals surface area contributed by atoms with Crippen LogP contribution in [0, 0.1) is 0 Å². The number of thioether (sulfide) groups is 1. The second-order valence-corrected chi connectivity index (χ2v) is 4.33. The molecular formula is C13H13NOS. The van der Waals surface area contributed by atoms with Gasteiger partial charge in [-0.15, -0.1) is 11.8 Å². The van der Waals surface area contributed by atoms with Gasteiger partial charge in [-0.25, -0.2) is 0 Å². The Bertz CT molecular complexity index is 445. The monoisotopic (exact) mass is 231 g/mol. The van der Waals surface area contributed by atoms with Crippen LogP contribution in [0.1, 0.15) is 5.56 Å². The maximum Gasteiger partial charge on any atom is 0.122 e. The minimum Gasteiger partial charge on any atom is -0.496 e. The average Bonchev–Trinajstić information content (AvgIpc) is 2.38.